The summed E-state index contributed by atoms with van der Waals surface area (Å²) in [6.45, 7) is 2.00. The minimum atomic E-state index is -5.35. The van der Waals surface area contributed by atoms with E-state index in [0.29, 0.717) is 0 Å². The lowest BCUT2D eigenvalue weighted by molar-refractivity contribution is -0.385. The summed E-state index contributed by atoms with van der Waals surface area (Å²) in [6.07, 6.45) is -10.7. The summed E-state index contributed by atoms with van der Waals surface area (Å²) < 4.78 is 80.9. The molecule has 1 aromatic carbocycles. The number of carbonyl (C=O) groups excluding carboxylic acids is 3. The Labute approximate surface area is 405 Å². The van der Waals surface area contributed by atoms with Crippen molar-refractivity contribution in [1.29, 1.82) is 0 Å². The molecule has 4 aromatic rings. The maximum atomic E-state index is 14.1. The smallest absolute Gasteiger partial charge is 0.472 e. The number of methoxy groups -OCH3 is 2. The van der Waals surface area contributed by atoms with Crippen molar-refractivity contribution in [1.82, 2.24) is 34.4 Å². The van der Waals surface area contributed by atoms with Crippen LogP contribution in [-0.2, 0) is 62.6 Å². The number of aliphatic hydroxyl groups excluding tert-OH is 1. The number of nitrogens with zero attached hydrogens (tertiary/aromatic N) is 7. The van der Waals surface area contributed by atoms with E-state index in [1.807, 2.05) is 0 Å². The largest absolute Gasteiger partial charge is 0.493 e. The van der Waals surface area contributed by atoms with Gasteiger partial charge >= 0.3 is 39.4 Å². The molecule has 0 saturated carbocycles. The van der Waals surface area contributed by atoms with Gasteiger partial charge in [-0.05, 0) is 39.3 Å². The zero-order valence-corrected chi connectivity index (χ0v) is 40.4. The molecule has 2 fully saturated rings. The van der Waals surface area contributed by atoms with Crippen molar-refractivity contribution in [3.8, 4) is 11.5 Å². The minimum Gasteiger partial charge on any atom is -0.493 e. The molecule has 0 spiro atoms. The number of amides is 1. The number of nitrogen functional groups attached to an aromatic ring is 2. The summed E-state index contributed by atoms with van der Waals surface area (Å²) >= 11 is 0. The van der Waals surface area contributed by atoms with Gasteiger partial charge in [-0.15, -0.1) is 0 Å². The number of benzene rings is 1. The molecular formula is C38H50N10O22P2. The Balaban J connectivity index is 1.22. The number of nitro groups is 1. The number of alkyl carbamates (subject to hydrolysis) is 1. The number of aromatic nitrogens is 6. The van der Waals surface area contributed by atoms with Crippen LogP contribution >= 0.6 is 15.6 Å². The first-order chi connectivity index (χ1) is 33.8. The fraction of sp³-hybridized carbons (Fsp3) is 0.526. The van der Waals surface area contributed by atoms with Gasteiger partial charge in [0.2, 0.25) is 0 Å². The fourth-order valence-corrected chi connectivity index (χ4v) is 8.51. The van der Waals surface area contributed by atoms with Crippen LogP contribution in [0.15, 0.2) is 41.8 Å². The van der Waals surface area contributed by atoms with Crippen LogP contribution in [-0.4, -0.2) is 141 Å². The number of esters is 2. The number of nitro benzene ring substituents is 1. The average Bonchev–Trinajstić information content (AvgIpc) is 3.99. The Bertz CT molecular complexity index is 2800. The van der Waals surface area contributed by atoms with Gasteiger partial charge in [-0.3, -0.25) is 37.6 Å². The van der Waals surface area contributed by atoms with E-state index >= 15 is 0 Å². The highest BCUT2D eigenvalue weighted by molar-refractivity contribution is 7.47. The Morgan fingerprint density at radius 3 is 2.36 bits per heavy atom. The Hall–Kier alpha value is -6.44. The predicted octanol–water partition coefficient (Wildman–Crippen LogP) is 0.659. The number of carbonyl (C=O) groups is 3. The van der Waals surface area contributed by atoms with Crippen LogP contribution in [0.25, 0.3) is 11.2 Å². The molecule has 3 aromatic heterocycles. The number of fused-ring (bicyclic) bond motifs is 1. The number of aliphatic hydroxyl groups is 1. The van der Waals surface area contributed by atoms with Crippen LogP contribution in [0, 0.1) is 10.1 Å². The Kier molecular flexibility index (Phi) is 17.2. The lowest BCUT2D eigenvalue weighted by Gasteiger charge is -2.26. The molecule has 9 N–H and O–H groups in total. The summed E-state index contributed by atoms with van der Waals surface area (Å²) in [5.74, 6) is -2.40. The molecule has 394 valence electrons. The lowest BCUT2D eigenvalue weighted by Crippen LogP contribution is -2.48. The molecule has 1 amide bonds. The van der Waals surface area contributed by atoms with E-state index in [1.54, 1.807) is 0 Å². The van der Waals surface area contributed by atoms with E-state index in [0.717, 1.165) is 23.3 Å². The maximum Gasteiger partial charge on any atom is 0.472 e. The van der Waals surface area contributed by atoms with Crippen molar-refractivity contribution >= 4 is 62.2 Å². The summed E-state index contributed by atoms with van der Waals surface area (Å²) in [5, 5.41) is 25.9. The zero-order valence-electron chi connectivity index (χ0n) is 38.6. The molecule has 34 heteroatoms. The fourth-order valence-electron chi connectivity index (χ4n) is 7.21. The van der Waals surface area contributed by atoms with Gasteiger partial charge in [-0.1, -0.05) is 0 Å². The Morgan fingerprint density at radius 1 is 1.01 bits per heavy atom. The number of hydrogen-bond donors (Lipinski definition) is 7. The summed E-state index contributed by atoms with van der Waals surface area (Å²) in [6, 6.07) is 1.79. The highest BCUT2D eigenvalue weighted by Crippen LogP contribution is 2.50. The second-order valence-electron chi connectivity index (χ2n) is 16.6. The molecule has 1 unspecified atom stereocenters. The summed E-state index contributed by atoms with van der Waals surface area (Å²) in [4.78, 5) is 109. The molecule has 2 saturated heterocycles. The quantitative estimate of drug-likeness (QED) is 0.0198. The van der Waals surface area contributed by atoms with Gasteiger partial charge in [-0.25, -0.2) is 38.5 Å². The van der Waals surface area contributed by atoms with E-state index in [1.165, 1.54) is 57.9 Å². The van der Waals surface area contributed by atoms with Crippen LogP contribution < -0.4 is 31.9 Å². The van der Waals surface area contributed by atoms with Gasteiger partial charge in [0, 0.05) is 19.0 Å². The van der Waals surface area contributed by atoms with Gasteiger partial charge in [0.15, 0.2) is 35.3 Å². The first-order valence-corrected chi connectivity index (χ1v) is 24.2. The molecule has 0 bridgehead atoms. The van der Waals surface area contributed by atoms with Crippen LogP contribution in [0.5, 0.6) is 11.5 Å². The normalized spacial score (nSPS) is 22.4. The monoisotopic (exact) mass is 1060 g/mol. The third kappa shape index (κ3) is 13.9. The molecule has 0 aliphatic carbocycles. The lowest BCUT2D eigenvalue weighted by atomic mass is 10.1. The van der Waals surface area contributed by atoms with Gasteiger partial charge in [0.25, 0.3) is 5.69 Å². The SMILES string of the molecule is COc1cc(COC(=O)CC[C@H](NC(=O)OC(C)(C)C)C(=O)O[C@H]2[C@@H](O)[C@H](n3cnc4c(N)ncnc43)O[C@@H]2COP(=O)(O)O[C@H]2C[C@H](n3ccc(N)nc3=O)O[C@@H]2COP(=O)(O)O)c([N+](=O)[O-])cc1OC. The number of nitrogens with two attached hydrogens (primary N) is 2. The van der Waals surface area contributed by atoms with Crippen LogP contribution in [0.3, 0.4) is 0 Å². The summed E-state index contributed by atoms with van der Waals surface area (Å²) in [5.41, 5.74) is 9.07. The minimum absolute atomic E-state index is 0.0190. The van der Waals surface area contributed by atoms with E-state index in [9.17, 15) is 58.2 Å². The number of rotatable bonds is 21. The van der Waals surface area contributed by atoms with E-state index in [4.69, 9.17) is 53.7 Å². The van der Waals surface area contributed by atoms with Crippen LogP contribution in [0.1, 0.15) is 58.1 Å². The Morgan fingerprint density at radius 2 is 1.71 bits per heavy atom. The zero-order chi connectivity index (χ0) is 52.9. The predicted molar refractivity (Wildman–Crippen MR) is 238 cm³/mol. The number of nitrogens with one attached hydrogen (secondary N) is 1. The molecule has 5 heterocycles. The van der Waals surface area contributed by atoms with Crippen molar-refractivity contribution < 1.29 is 95.0 Å². The van der Waals surface area contributed by atoms with E-state index in [2.05, 4.69) is 29.8 Å². The van der Waals surface area contributed by atoms with Gasteiger partial charge < -0.3 is 69.7 Å². The molecule has 32 nitrogen and oxygen atoms in total. The molecule has 6 rings (SSSR count). The maximum absolute atomic E-state index is 14.1. The first kappa shape index (κ1) is 54.9. The average molecular weight is 1060 g/mol. The van der Waals surface area contributed by atoms with Crippen molar-refractivity contribution in [2.75, 3.05) is 38.9 Å². The van der Waals surface area contributed by atoms with E-state index in [-0.39, 0.29) is 39.9 Å². The van der Waals surface area contributed by atoms with Gasteiger partial charge in [0.1, 0.15) is 66.6 Å². The summed E-state index contributed by atoms with van der Waals surface area (Å²) in [7, 11) is -7.94. The van der Waals surface area contributed by atoms with Gasteiger partial charge in [-0.2, -0.15) is 4.98 Å². The van der Waals surface area contributed by atoms with Gasteiger partial charge in [0.05, 0.1) is 50.3 Å². The van der Waals surface area contributed by atoms with Crippen molar-refractivity contribution in [3.63, 3.8) is 0 Å². The number of phosphoric acid groups is 2. The number of hydrogen-bond acceptors (Lipinski definition) is 25. The molecule has 9 atom stereocenters. The van der Waals surface area contributed by atoms with Crippen LogP contribution in [0.2, 0.25) is 0 Å². The van der Waals surface area contributed by atoms with Crippen molar-refractivity contribution in [3.05, 3.63) is 63.2 Å². The third-order valence-electron chi connectivity index (χ3n) is 10.4. The van der Waals surface area contributed by atoms with Crippen molar-refractivity contribution in [2.45, 2.75) is 101 Å². The molecular weight excluding hydrogens is 1010 g/mol. The van der Waals surface area contributed by atoms with E-state index < -0.39 is 144 Å². The molecule has 2 aliphatic heterocycles. The first-order valence-electron chi connectivity index (χ1n) is 21.1. The van der Waals surface area contributed by atoms with Crippen LogP contribution in [0.4, 0.5) is 22.1 Å². The topological polar surface area (TPSA) is 444 Å². The molecule has 2 aliphatic rings. The molecule has 72 heavy (non-hydrogen) atoms. The third-order valence-corrected chi connectivity index (χ3v) is 11.9. The second-order valence-corrected chi connectivity index (χ2v) is 19.3. The standard InChI is InChI=1S/C38H50N10O22P2/c1-38(2,3)69-37(53)44-19(6-7-28(49)63-13-18-10-21(61-4)22(62-5)11-20(18)48(54)55)35(51)68-31-25(67-34(30(31)50)47-17-43-29-32(40)41-16-42-33(29)47)15-65-72(59,60)70-23-12-27(46-9-8-26(39)45-36(46)52)66-24(23)14-64-71(56,57)58/h8-11,16-17,19,23-25,27,30-31,34,50H,6-7,12-15H2,1-5H3,(H,44,53)(H,59,60)(H2,39,45,52)(H2,40,41,42)(H2,56,57,58)/t19-,23-,24+,25+,27+,30+,31+,34+/m0/s1. The number of anilines is 2. The number of imidazole rings is 1. The molecule has 0 radical (unpaired) electrons. The number of ether oxygens (including phenoxy) is 7. The highest BCUT2D eigenvalue weighted by atomic mass is 31.2. The van der Waals surface area contributed by atoms with Crippen molar-refractivity contribution in [2.24, 2.45) is 0 Å². The number of phosphoric ester groups is 2. The second kappa shape index (κ2) is 22.5. The highest BCUT2D eigenvalue weighted by Gasteiger charge is 2.50.